The van der Waals surface area contributed by atoms with Crippen molar-refractivity contribution in [2.45, 2.75) is 12.2 Å². The molecule has 2 heterocycles. The zero-order valence-corrected chi connectivity index (χ0v) is 7.86. The van der Waals surface area contributed by atoms with E-state index in [2.05, 4.69) is 5.32 Å². The third-order valence-corrected chi connectivity index (χ3v) is 2.91. The maximum Gasteiger partial charge on any atom is 0.471 e. The first-order chi connectivity index (χ1) is 6.94. The molecule has 0 aromatic carbocycles. The number of carbonyl (C=O) groups is 1. The molecule has 2 aliphatic heterocycles. The SMILES string of the molecule is O=C(N[C@@H]1CNCC12COC2)C(F)(F)F. The number of alkyl halides is 3. The van der Waals surface area contributed by atoms with Crippen molar-refractivity contribution in [3.8, 4) is 0 Å². The highest BCUT2D eigenvalue weighted by Gasteiger charge is 2.51. The molecule has 15 heavy (non-hydrogen) atoms. The topological polar surface area (TPSA) is 50.4 Å². The van der Waals surface area contributed by atoms with Crippen molar-refractivity contribution >= 4 is 5.91 Å². The fourth-order valence-corrected chi connectivity index (χ4v) is 1.92. The van der Waals surface area contributed by atoms with E-state index in [0.29, 0.717) is 26.3 Å². The van der Waals surface area contributed by atoms with Crippen LogP contribution in [0.5, 0.6) is 0 Å². The molecule has 2 N–H and O–H groups in total. The molecule has 0 radical (unpaired) electrons. The van der Waals surface area contributed by atoms with Crippen LogP contribution in [0, 0.1) is 5.41 Å². The molecular weight excluding hydrogens is 213 g/mol. The van der Waals surface area contributed by atoms with Gasteiger partial charge in [0.05, 0.1) is 24.7 Å². The maximum absolute atomic E-state index is 12.0. The normalized spacial score (nSPS) is 28.9. The third kappa shape index (κ3) is 1.81. The number of rotatable bonds is 1. The predicted octanol–water partition coefficient (Wildman–Crippen LogP) is -0.347. The molecule has 0 aliphatic carbocycles. The molecule has 0 unspecified atom stereocenters. The summed E-state index contributed by atoms with van der Waals surface area (Å²) in [6.07, 6.45) is -4.81. The van der Waals surface area contributed by atoms with Gasteiger partial charge in [0.25, 0.3) is 0 Å². The minimum absolute atomic E-state index is 0.332. The Morgan fingerprint density at radius 2 is 2.13 bits per heavy atom. The number of ether oxygens (including phenoxy) is 1. The van der Waals surface area contributed by atoms with E-state index >= 15 is 0 Å². The lowest BCUT2D eigenvalue weighted by Crippen LogP contribution is -2.59. The second-order valence-electron chi connectivity index (χ2n) is 4.01. The Balaban J connectivity index is 1.97. The van der Waals surface area contributed by atoms with Crippen LogP contribution in [0.4, 0.5) is 13.2 Å². The van der Waals surface area contributed by atoms with E-state index < -0.39 is 18.1 Å². The van der Waals surface area contributed by atoms with E-state index in [1.165, 1.54) is 0 Å². The van der Waals surface area contributed by atoms with Crippen LogP contribution in [0.3, 0.4) is 0 Å². The minimum atomic E-state index is -4.81. The highest BCUT2D eigenvalue weighted by atomic mass is 19.4. The molecule has 2 fully saturated rings. The molecule has 1 amide bonds. The van der Waals surface area contributed by atoms with E-state index in [4.69, 9.17) is 4.74 Å². The summed E-state index contributed by atoms with van der Waals surface area (Å²) in [6.45, 7) is 1.77. The molecular formula is C8H11F3N2O2. The van der Waals surface area contributed by atoms with Crippen molar-refractivity contribution < 1.29 is 22.7 Å². The summed E-state index contributed by atoms with van der Waals surface area (Å²) in [5.74, 6) is -1.87. The van der Waals surface area contributed by atoms with Gasteiger partial charge in [-0.2, -0.15) is 13.2 Å². The van der Waals surface area contributed by atoms with Crippen LogP contribution < -0.4 is 10.6 Å². The molecule has 0 bridgehead atoms. The van der Waals surface area contributed by atoms with Crippen LogP contribution in [-0.2, 0) is 9.53 Å². The summed E-state index contributed by atoms with van der Waals surface area (Å²) in [5.41, 5.74) is -0.332. The largest absolute Gasteiger partial charge is 0.471 e. The van der Waals surface area contributed by atoms with Gasteiger partial charge < -0.3 is 15.4 Å². The summed E-state index contributed by atoms with van der Waals surface area (Å²) < 4.78 is 41.0. The summed E-state index contributed by atoms with van der Waals surface area (Å²) in [4.78, 5) is 10.7. The van der Waals surface area contributed by atoms with E-state index in [1.807, 2.05) is 5.32 Å². The zero-order valence-electron chi connectivity index (χ0n) is 7.86. The highest BCUT2D eigenvalue weighted by molar-refractivity contribution is 5.82. The Bertz CT molecular complexity index is 276. The summed E-state index contributed by atoms with van der Waals surface area (Å²) >= 11 is 0. The highest BCUT2D eigenvalue weighted by Crippen LogP contribution is 2.34. The van der Waals surface area contributed by atoms with Crippen molar-refractivity contribution in [1.29, 1.82) is 0 Å². The standard InChI is InChI=1S/C8H11F3N2O2/c9-8(10,11)6(14)13-5-1-12-2-7(5)3-15-4-7/h5,12H,1-4H2,(H,13,14)/t5-/m1/s1. The molecule has 2 rings (SSSR count). The molecule has 4 nitrogen and oxygen atoms in total. The first-order valence-electron chi connectivity index (χ1n) is 4.60. The molecule has 0 aromatic heterocycles. The van der Waals surface area contributed by atoms with Crippen molar-refractivity contribution in [2.75, 3.05) is 26.3 Å². The minimum Gasteiger partial charge on any atom is -0.380 e. The summed E-state index contributed by atoms with van der Waals surface area (Å²) in [7, 11) is 0. The Kier molecular flexibility index (Phi) is 2.38. The average molecular weight is 224 g/mol. The van der Waals surface area contributed by atoms with Crippen LogP contribution in [0.2, 0.25) is 0 Å². The van der Waals surface area contributed by atoms with Gasteiger partial charge in [0.2, 0.25) is 0 Å². The van der Waals surface area contributed by atoms with E-state index in [1.54, 1.807) is 0 Å². The summed E-state index contributed by atoms with van der Waals surface area (Å²) in [6, 6.07) is -0.486. The lowest BCUT2D eigenvalue weighted by atomic mass is 9.81. The fraction of sp³-hybridized carbons (Fsp3) is 0.875. The Morgan fingerprint density at radius 3 is 2.60 bits per heavy atom. The van der Waals surface area contributed by atoms with Crippen molar-refractivity contribution in [3.63, 3.8) is 0 Å². The van der Waals surface area contributed by atoms with Crippen LogP contribution in [-0.4, -0.2) is 44.4 Å². The van der Waals surface area contributed by atoms with Crippen molar-refractivity contribution in [2.24, 2.45) is 5.41 Å². The van der Waals surface area contributed by atoms with Gasteiger partial charge in [0.1, 0.15) is 0 Å². The van der Waals surface area contributed by atoms with Crippen molar-refractivity contribution in [3.05, 3.63) is 0 Å². The zero-order chi connectivity index (χ0) is 11.1. The number of carbonyl (C=O) groups excluding carboxylic acids is 1. The smallest absolute Gasteiger partial charge is 0.380 e. The van der Waals surface area contributed by atoms with Gasteiger partial charge in [0.15, 0.2) is 0 Å². The molecule has 0 aromatic rings. The number of amides is 1. The van der Waals surface area contributed by atoms with Crippen LogP contribution >= 0.6 is 0 Å². The van der Waals surface area contributed by atoms with Gasteiger partial charge >= 0.3 is 12.1 Å². The number of hydrogen-bond donors (Lipinski definition) is 2. The molecule has 2 aliphatic rings. The van der Waals surface area contributed by atoms with Crippen LogP contribution in [0.1, 0.15) is 0 Å². The van der Waals surface area contributed by atoms with Crippen LogP contribution in [0.25, 0.3) is 0 Å². The Morgan fingerprint density at radius 1 is 1.47 bits per heavy atom. The maximum atomic E-state index is 12.0. The Hall–Kier alpha value is -0.820. The molecule has 1 atom stereocenters. The van der Waals surface area contributed by atoms with E-state index in [9.17, 15) is 18.0 Å². The van der Waals surface area contributed by atoms with Crippen molar-refractivity contribution in [1.82, 2.24) is 10.6 Å². The average Bonchev–Trinajstić information content (AvgIpc) is 2.45. The second-order valence-corrected chi connectivity index (χ2v) is 4.01. The molecule has 2 saturated heterocycles. The second kappa shape index (κ2) is 3.34. The van der Waals surface area contributed by atoms with Gasteiger partial charge in [-0.3, -0.25) is 4.79 Å². The lowest BCUT2D eigenvalue weighted by Gasteiger charge is -2.42. The molecule has 0 saturated carbocycles. The Labute approximate surface area is 84.2 Å². The monoisotopic (exact) mass is 224 g/mol. The predicted molar refractivity (Wildman–Crippen MR) is 44.1 cm³/mol. The summed E-state index contributed by atoms with van der Waals surface area (Å²) in [5, 5.41) is 4.96. The fourth-order valence-electron chi connectivity index (χ4n) is 1.92. The van der Waals surface area contributed by atoms with Gasteiger partial charge in [0, 0.05) is 13.1 Å². The van der Waals surface area contributed by atoms with Gasteiger partial charge in [-0.25, -0.2) is 0 Å². The van der Waals surface area contributed by atoms with Gasteiger partial charge in [-0.05, 0) is 0 Å². The lowest BCUT2D eigenvalue weighted by molar-refractivity contribution is -0.178. The molecule has 1 spiro atoms. The third-order valence-electron chi connectivity index (χ3n) is 2.91. The van der Waals surface area contributed by atoms with E-state index in [0.717, 1.165) is 0 Å². The number of halogens is 3. The quantitative estimate of drug-likeness (QED) is 0.640. The van der Waals surface area contributed by atoms with Gasteiger partial charge in [-0.1, -0.05) is 0 Å². The molecule has 7 heteroatoms. The van der Waals surface area contributed by atoms with E-state index in [-0.39, 0.29) is 5.41 Å². The van der Waals surface area contributed by atoms with Crippen LogP contribution in [0.15, 0.2) is 0 Å². The first kappa shape index (κ1) is 10.7. The first-order valence-corrected chi connectivity index (χ1v) is 4.60. The number of hydrogen-bond acceptors (Lipinski definition) is 3. The number of nitrogens with one attached hydrogen (secondary N) is 2. The molecule has 86 valence electrons. The van der Waals surface area contributed by atoms with Gasteiger partial charge in [-0.15, -0.1) is 0 Å².